The second-order valence-corrected chi connectivity index (χ2v) is 16.5. The van der Waals surface area contributed by atoms with E-state index in [-0.39, 0.29) is 53.9 Å². The Hall–Kier alpha value is -0.560. The number of hydrogen-bond donors (Lipinski definition) is 6. The molecule has 248 valence electrons. The highest BCUT2D eigenvalue weighted by Crippen LogP contribution is 2.37. The van der Waals surface area contributed by atoms with Gasteiger partial charge in [-0.2, -0.15) is 0 Å². The fraction of sp³-hybridized carbons (Fsp3) is 1.00. The Labute approximate surface area is 258 Å². The molecule has 0 aromatic rings. The summed E-state index contributed by atoms with van der Waals surface area (Å²) in [5.41, 5.74) is 6.24. The standard InChI is InChI=1S/C27H49F2N7O5S2/c1-16-14-22(34-33-16)30-25-24(40-2)26(36-9-11-41-12-10-36)32-27(31-25)42-21-7-6-18(15-19(21)28)43(38,39)13-8-17-4-3-5-20(35-37)23(17)29/h16-27,30-34H,3-15H2,1-2H3/p+1. The largest absolute Gasteiger partial charge is 0.379 e. The van der Waals surface area contributed by atoms with E-state index in [0.29, 0.717) is 51.4 Å². The number of methoxy groups -OCH3 is 1. The quantitative estimate of drug-likeness (QED) is 0.169. The van der Waals surface area contributed by atoms with E-state index in [1.54, 1.807) is 12.3 Å². The van der Waals surface area contributed by atoms with Crippen molar-refractivity contribution in [1.29, 1.82) is 0 Å². The number of nitroso groups, excluding NO2 is 1. The van der Waals surface area contributed by atoms with Crippen molar-refractivity contribution in [3.8, 4) is 0 Å². The lowest BCUT2D eigenvalue weighted by Gasteiger charge is -2.49. The zero-order chi connectivity index (χ0) is 30.6. The van der Waals surface area contributed by atoms with Crippen molar-refractivity contribution < 1.29 is 31.8 Å². The summed E-state index contributed by atoms with van der Waals surface area (Å²) in [6, 6.07) is -0.440. The van der Waals surface area contributed by atoms with Crippen LogP contribution in [0.5, 0.6) is 0 Å². The van der Waals surface area contributed by atoms with E-state index < -0.39 is 39.4 Å². The highest BCUT2D eigenvalue weighted by Gasteiger charge is 2.45. The van der Waals surface area contributed by atoms with Gasteiger partial charge in [-0.1, -0.05) is 0 Å². The van der Waals surface area contributed by atoms with Crippen molar-refractivity contribution >= 4 is 21.6 Å². The molecule has 0 aromatic heterocycles. The molecule has 2 aliphatic carbocycles. The second kappa shape index (κ2) is 15.4. The van der Waals surface area contributed by atoms with E-state index in [9.17, 15) is 17.7 Å². The SMILES string of the molecule is COC1C(NC2CC(C)NN2)NC(SC2CCC(S(=O)(=O)CCC3CCCC([NH+]=O)C3F)CC2F)NC1N1CCOCC1. The van der Waals surface area contributed by atoms with Gasteiger partial charge in [-0.3, -0.25) is 26.3 Å². The maximum Gasteiger partial charge on any atom is 0.229 e. The first-order valence-electron chi connectivity index (χ1n) is 15.8. The summed E-state index contributed by atoms with van der Waals surface area (Å²) in [6.07, 6.45) is 0.427. The van der Waals surface area contributed by atoms with Crippen molar-refractivity contribution in [3.05, 3.63) is 4.91 Å². The predicted octanol–water partition coefficient (Wildman–Crippen LogP) is -0.585. The summed E-state index contributed by atoms with van der Waals surface area (Å²) in [6.45, 7) is 4.90. The molecule has 6 N–H and O–H groups in total. The normalized spacial score (nSPS) is 43.4. The Morgan fingerprint density at radius 1 is 1.09 bits per heavy atom. The van der Waals surface area contributed by atoms with Gasteiger partial charge >= 0.3 is 0 Å². The van der Waals surface area contributed by atoms with E-state index in [1.165, 1.54) is 11.8 Å². The van der Waals surface area contributed by atoms with Crippen LogP contribution in [0.15, 0.2) is 0 Å². The predicted molar refractivity (Wildman–Crippen MR) is 161 cm³/mol. The molecule has 43 heavy (non-hydrogen) atoms. The molecule has 0 spiro atoms. The number of sulfone groups is 1. The Bertz CT molecular complexity index is 1020. The monoisotopic (exact) mass is 654 g/mol. The van der Waals surface area contributed by atoms with Gasteiger partial charge in [0, 0.05) is 42.8 Å². The maximum absolute atomic E-state index is 15.7. The van der Waals surface area contributed by atoms with E-state index in [0.717, 1.165) is 19.5 Å². The van der Waals surface area contributed by atoms with E-state index >= 15 is 4.39 Å². The fourth-order valence-electron chi connectivity index (χ4n) is 7.30. The zero-order valence-electron chi connectivity index (χ0n) is 25.2. The number of nitrogens with one attached hydrogen (secondary N) is 6. The first-order valence-corrected chi connectivity index (χ1v) is 18.5. The highest BCUT2D eigenvalue weighted by atomic mass is 32.2. The molecule has 2 saturated carbocycles. The summed E-state index contributed by atoms with van der Waals surface area (Å²) >= 11 is 1.48. The average molecular weight is 655 g/mol. The number of morpholine rings is 1. The summed E-state index contributed by atoms with van der Waals surface area (Å²) < 4.78 is 68.3. The molecule has 5 aliphatic rings. The summed E-state index contributed by atoms with van der Waals surface area (Å²) in [7, 11) is -1.88. The third-order valence-corrected chi connectivity index (χ3v) is 13.5. The van der Waals surface area contributed by atoms with Crippen LogP contribution < -0.4 is 32.0 Å². The first-order chi connectivity index (χ1) is 20.7. The molecular weight excluding hydrogens is 604 g/mol. The molecular formula is C27H50F2N7O5S2+. The molecule has 12 unspecified atom stereocenters. The van der Waals surface area contributed by atoms with Gasteiger partial charge in [-0.25, -0.2) is 22.6 Å². The van der Waals surface area contributed by atoms with E-state index in [2.05, 4.69) is 38.6 Å². The summed E-state index contributed by atoms with van der Waals surface area (Å²) in [5, 5.41) is 11.5. The van der Waals surface area contributed by atoms with Gasteiger partial charge in [0.15, 0.2) is 16.0 Å². The van der Waals surface area contributed by atoms with Gasteiger partial charge < -0.3 is 9.47 Å². The minimum atomic E-state index is -3.58. The molecule has 0 amide bonds. The van der Waals surface area contributed by atoms with Crippen molar-refractivity contribution in [2.24, 2.45) is 5.92 Å². The van der Waals surface area contributed by atoms with Crippen LogP contribution in [0.4, 0.5) is 8.78 Å². The van der Waals surface area contributed by atoms with Crippen LogP contribution in [0.25, 0.3) is 0 Å². The molecule has 3 aliphatic heterocycles. The Morgan fingerprint density at radius 2 is 1.88 bits per heavy atom. The Balaban J connectivity index is 1.18. The summed E-state index contributed by atoms with van der Waals surface area (Å²) in [4.78, 5) is 13.4. The van der Waals surface area contributed by atoms with Crippen molar-refractivity contribution in [2.75, 3.05) is 39.2 Å². The third-order valence-electron chi connectivity index (χ3n) is 9.81. The molecule has 5 rings (SSSR count). The number of hydrogen-bond acceptors (Lipinski definition) is 12. The number of thioether (sulfide) groups is 1. The van der Waals surface area contributed by atoms with Crippen LogP contribution in [0, 0.1) is 10.8 Å². The van der Waals surface area contributed by atoms with Crippen LogP contribution in [0.3, 0.4) is 0 Å². The number of nitrogens with zero attached hydrogens (tertiary/aromatic N) is 1. The smallest absolute Gasteiger partial charge is 0.229 e. The van der Waals surface area contributed by atoms with Crippen LogP contribution in [-0.4, -0.2) is 118 Å². The molecule has 0 radical (unpaired) electrons. The second-order valence-electron chi connectivity index (χ2n) is 12.8. The summed E-state index contributed by atoms with van der Waals surface area (Å²) in [5.74, 6) is -0.623. The van der Waals surface area contributed by atoms with Crippen LogP contribution in [-0.2, 0) is 19.3 Å². The highest BCUT2D eigenvalue weighted by molar-refractivity contribution is 8.00. The van der Waals surface area contributed by atoms with Gasteiger partial charge in [0.2, 0.25) is 6.04 Å². The van der Waals surface area contributed by atoms with Crippen molar-refractivity contribution in [1.82, 2.24) is 31.7 Å². The molecule has 12 nitrogen and oxygen atoms in total. The van der Waals surface area contributed by atoms with Gasteiger partial charge in [-0.05, 0) is 63.0 Å². The zero-order valence-corrected chi connectivity index (χ0v) is 26.8. The van der Waals surface area contributed by atoms with Gasteiger partial charge in [0.05, 0.1) is 42.7 Å². The Morgan fingerprint density at radius 3 is 2.56 bits per heavy atom. The number of halogens is 2. The van der Waals surface area contributed by atoms with Crippen molar-refractivity contribution in [3.63, 3.8) is 0 Å². The van der Waals surface area contributed by atoms with Crippen molar-refractivity contribution in [2.45, 2.75) is 123 Å². The topological polar surface area (TPSA) is 147 Å². The number of alkyl halides is 2. The number of hydrazine groups is 1. The molecule has 12 atom stereocenters. The first kappa shape index (κ1) is 33.8. The van der Waals surface area contributed by atoms with Gasteiger partial charge in [-0.15, -0.1) is 11.8 Å². The molecule has 0 bridgehead atoms. The van der Waals surface area contributed by atoms with Crippen LogP contribution in [0.2, 0.25) is 0 Å². The average Bonchev–Trinajstić information content (AvgIpc) is 3.42. The van der Waals surface area contributed by atoms with Gasteiger partial charge in [0.25, 0.3) is 0 Å². The van der Waals surface area contributed by atoms with E-state index in [1.807, 2.05) is 0 Å². The third kappa shape index (κ3) is 8.43. The lowest BCUT2D eigenvalue weighted by molar-refractivity contribution is -0.540. The van der Waals surface area contributed by atoms with Gasteiger partial charge in [0.1, 0.15) is 17.8 Å². The molecule has 5 fully saturated rings. The molecule has 16 heteroatoms. The fourth-order valence-corrected chi connectivity index (χ4v) is 10.6. The minimum Gasteiger partial charge on any atom is -0.379 e. The molecule has 3 saturated heterocycles. The maximum atomic E-state index is 15.7. The number of ether oxygens (including phenoxy) is 2. The Kier molecular flexibility index (Phi) is 12.1. The number of rotatable bonds is 11. The van der Waals surface area contributed by atoms with Crippen LogP contribution >= 0.6 is 11.8 Å². The minimum absolute atomic E-state index is 0.0394. The lowest BCUT2D eigenvalue weighted by atomic mass is 9.83. The van der Waals surface area contributed by atoms with Crippen LogP contribution in [0.1, 0.15) is 58.3 Å². The molecule has 3 heterocycles. The molecule has 0 aromatic carbocycles. The van der Waals surface area contributed by atoms with E-state index in [4.69, 9.17) is 9.47 Å². The lowest BCUT2D eigenvalue weighted by Crippen LogP contribution is -2.77.